The highest BCUT2D eigenvalue weighted by molar-refractivity contribution is 8.00. The molecule has 1 amide bonds. The number of rotatable bonds is 5. The molecule has 0 spiro atoms. The second-order valence-corrected chi connectivity index (χ2v) is 8.72. The molecule has 0 bridgehead atoms. The summed E-state index contributed by atoms with van der Waals surface area (Å²) in [7, 11) is 0. The van der Waals surface area contributed by atoms with Crippen molar-refractivity contribution in [3.63, 3.8) is 0 Å². The maximum atomic E-state index is 13.0. The van der Waals surface area contributed by atoms with E-state index < -0.39 is 0 Å². The van der Waals surface area contributed by atoms with Crippen LogP contribution in [0.15, 0.2) is 41.7 Å². The number of hydrogen-bond acceptors (Lipinski definition) is 4. The molecule has 7 heteroatoms. The number of H-pyrrole nitrogens is 1. The molecule has 4 rings (SSSR count). The van der Waals surface area contributed by atoms with Gasteiger partial charge in [0.2, 0.25) is 5.91 Å². The number of anilines is 1. The number of carbonyl (C=O) groups excluding carboxylic acids is 1. The summed E-state index contributed by atoms with van der Waals surface area (Å²) in [5.41, 5.74) is 1.52. The Bertz CT molecular complexity index is 924. The lowest BCUT2D eigenvalue weighted by molar-refractivity contribution is -0.113. The fraction of sp³-hybridized carbons (Fsp3) is 0.455. The third kappa shape index (κ3) is 4.29. The second-order valence-electron chi connectivity index (χ2n) is 7.63. The van der Waals surface area contributed by atoms with Crippen LogP contribution in [0.5, 0.6) is 5.75 Å². The van der Waals surface area contributed by atoms with Gasteiger partial charge in [-0.05, 0) is 30.5 Å². The molecule has 154 valence electrons. The molecule has 2 aromatic rings. The van der Waals surface area contributed by atoms with Crippen molar-refractivity contribution >= 4 is 23.5 Å². The van der Waals surface area contributed by atoms with E-state index in [-0.39, 0.29) is 22.8 Å². The van der Waals surface area contributed by atoms with Crippen LogP contribution in [0, 0.1) is 0 Å². The van der Waals surface area contributed by atoms with Crippen molar-refractivity contribution in [2.75, 3.05) is 17.7 Å². The first-order valence-corrected chi connectivity index (χ1v) is 11.3. The molecule has 6 nitrogen and oxygen atoms in total. The van der Waals surface area contributed by atoms with E-state index >= 15 is 0 Å². The summed E-state index contributed by atoms with van der Waals surface area (Å²) in [6, 6.07) is 7.97. The molecule has 1 aromatic heterocycles. The van der Waals surface area contributed by atoms with E-state index in [0.717, 1.165) is 37.0 Å². The molecule has 1 saturated carbocycles. The van der Waals surface area contributed by atoms with Crippen LogP contribution in [0.4, 0.5) is 5.82 Å². The molecule has 2 N–H and O–H groups in total. The second kappa shape index (κ2) is 8.95. The predicted octanol–water partition coefficient (Wildman–Crippen LogP) is 4.41. The summed E-state index contributed by atoms with van der Waals surface area (Å²) in [6.45, 7) is 4.11. The van der Waals surface area contributed by atoms with Gasteiger partial charge in [-0.15, -0.1) is 11.8 Å². The summed E-state index contributed by atoms with van der Waals surface area (Å²) in [5.74, 6) is 1.66. The summed E-state index contributed by atoms with van der Waals surface area (Å²) < 4.78 is 7.50. The maximum absolute atomic E-state index is 13.0. The van der Waals surface area contributed by atoms with Crippen LogP contribution in [0.3, 0.4) is 0 Å². The van der Waals surface area contributed by atoms with Crippen LogP contribution in [0.1, 0.15) is 60.9 Å². The molecule has 0 radical (unpaired) electrons. The fourth-order valence-corrected chi connectivity index (χ4v) is 5.32. The molecule has 1 atom stereocenters. The van der Waals surface area contributed by atoms with Crippen molar-refractivity contribution in [1.82, 2.24) is 9.78 Å². The van der Waals surface area contributed by atoms with Crippen molar-refractivity contribution in [3.05, 3.63) is 58.4 Å². The Morgan fingerprint density at radius 1 is 1.14 bits per heavy atom. The SMILES string of the molecule is C=CCOc1ccc([C@@H]2SCC(=O)Nc3c2c(=O)[nH]n3C2CCCCCC2)cc1. The van der Waals surface area contributed by atoms with E-state index in [0.29, 0.717) is 23.7 Å². The van der Waals surface area contributed by atoms with E-state index in [9.17, 15) is 9.59 Å². The maximum Gasteiger partial charge on any atom is 0.270 e. The van der Waals surface area contributed by atoms with Crippen LogP contribution in [-0.4, -0.2) is 28.0 Å². The van der Waals surface area contributed by atoms with Gasteiger partial charge < -0.3 is 10.1 Å². The first kappa shape index (κ1) is 19.9. The van der Waals surface area contributed by atoms with E-state index in [2.05, 4.69) is 17.0 Å². The standard InChI is InChI=1S/C22H27N3O3S/c1-2-13-28-17-11-9-15(10-12-17)20-19-21(23-18(26)14-29-20)25(24-22(19)27)16-7-5-3-4-6-8-16/h2,9-12,16,20H,1,3-8,13-14H2,(H,23,26)(H,24,27)/t20-/m0/s1. The van der Waals surface area contributed by atoms with Gasteiger partial charge >= 0.3 is 0 Å². The lowest BCUT2D eigenvalue weighted by atomic mass is 10.1. The number of nitrogens with zero attached hydrogens (tertiary/aromatic N) is 1. The number of hydrogen-bond donors (Lipinski definition) is 2. The number of thioether (sulfide) groups is 1. The Hall–Kier alpha value is -2.41. The number of carbonyl (C=O) groups is 1. The number of ether oxygens (including phenoxy) is 1. The van der Waals surface area contributed by atoms with E-state index in [1.54, 1.807) is 6.08 Å². The number of fused-ring (bicyclic) bond motifs is 1. The average Bonchev–Trinajstić information content (AvgIpc) is 2.94. The summed E-state index contributed by atoms with van der Waals surface area (Å²) in [5, 5.41) is 5.84. The van der Waals surface area contributed by atoms with Crippen LogP contribution in [0.2, 0.25) is 0 Å². The predicted molar refractivity (Wildman–Crippen MR) is 117 cm³/mol. The highest BCUT2D eigenvalue weighted by Gasteiger charge is 2.32. The number of amides is 1. The Labute approximate surface area is 174 Å². The van der Waals surface area contributed by atoms with Crippen LogP contribution in [0.25, 0.3) is 0 Å². The number of nitrogens with one attached hydrogen (secondary N) is 2. The van der Waals surface area contributed by atoms with E-state index in [4.69, 9.17) is 4.74 Å². The van der Waals surface area contributed by atoms with Gasteiger partial charge in [-0.3, -0.25) is 19.4 Å². The Morgan fingerprint density at radius 2 is 1.86 bits per heavy atom. The smallest absolute Gasteiger partial charge is 0.270 e. The molecule has 0 saturated heterocycles. The summed E-state index contributed by atoms with van der Waals surface area (Å²) >= 11 is 1.49. The van der Waals surface area contributed by atoms with Gasteiger partial charge in [-0.2, -0.15) is 0 Å². The Kier molecular flexibility index (Phi) is 6.13. The number of aromatic amines is 1. The van der Waals surface area contributed by atoms with Crippen molar-refractivity contribution in [2.24, 2.45) is 0 Å². The number of aromatic nitrogens is 2. The van der Waals surface area contributed by atoms with E-state index in [1.807, 2.05) is 28.9 Å². The van der Waals surface area contributed by atoms with Crippen molar-refractivity contribution in [2.45, 2.75) is 49.8 Å². The van der Waals surface area contributed by atoms with Crippen LogP contribution in [-0.2, 0) is 4.79 Å². The first-order chi connectivity index (χ1) is 14.2. The largest absolute Gasteiger partial charge is 0.490 e. The summed E-state index contributed by atoms with van der Waals surface area (Å²) in [4.78, 5) is 25.4. The summed E-state index contributed by atoms with van der Waals surface area (Å²) in [6.07, 6.45) is 8.52. The highest BCUT2D eigenvalue weighted by atomic mass is 32.2. The highest BCUT2D eigenvalue weighted by Crippen LogP contribution is 2.41. The molecule has 2 aliphatic rings. The van der Waals surface area contributed by atoms with Crippen LogP contribution < -0.4 is 15.6 Å². The molecule has 1 aromatic carbocycles. The topological polar surface area (TPSA) is 76.1 Å². The minimum atomic E-state index is -0.201. The van der Waals surface area contributed by atoms with Gasteiger partial charge in [-0.1, -0.05) is 50.5 Å². The normalized spacial score (nSPS) is 20.3. The van der Waals surface area contributed by atoms with E-state index in [1.165, 1.54) is 24.6 Å². The Morgan fingerprint density at radius 3 is 2.55 bits per heavy atom. The zero-order valence-electron chi connectivity index (χ0n) is 16.5. The molecular formula is C22H27N3O3S. The van der Waals surface area contributed by atoms with Gasteiger partial charge in [0.25, 0.3) is 5.56 Å². The van der Waals surface area contributed by atoms with Gasteiger partial charge in [0.15, 0.2) is 0 Å². The Balaban J connectivity index is 1.70. The minimum Gasteiger partial charge on any atom is -0.490 e. The molecule has 1 aliphatic heterocycles. The van der Waals surface area contributed by atoms with Crippen LogP contribution >= 0.6 is 11.8 Å². The number of benzene rings is 1. The fourth-order valence-electron chi connectivity index (χ4n) is 4.19. The minimum absolute atomic E-state index is 0.0638. The lowest BCUT2D eigenvalue weighted by Gasteiger charge is -2.19. The van der Waals surface area contributed by atoms with Gasteiger partial charge in [0.05, 0.1) is 22.6 Å². The molecule has 1 fully saturated rings. The molecule has 0 unspecified atom stereocenters. The van der Waals surface area contributed by atoms with Gasteiger partial charge in [-0.25, -0.2) is 0 Å². The third-order valence-corrected chi connectivity index (χ3v) is 6.87. The van der Waals surface area contributed by atoms with Crippen molar-refractivity contribution in [1.29, 1.82) is 0 Å². The van der Waals surface area contributed by atoms with Crippen molar-refractivity contribution < 1.29 is 9.53 Å². The van der Waals surface area contributed by atoms with Crippen molar-refractivity contribution in [3.8, 4) is 5.75 Å². The average molecular weight is 414 g/mol. The zero-order valence-corrected chi connectivity index (χ0v) is 17.3. The molecule has 2 heterocycles. The quantitative estimate of drug-likeness (QED) is 0.562. The molecule has 29 heavy (non-hydrogen) atoms. The molecule has 1 aliphatic carbocycles. The first-order valence-electron chi connectivity index (χ1n) is 10.3. The monoisotopic (exact) mass is 413 g/mol. The third-order valence-electron chi connectivity index (χ3n) is 5.60. The van der Waals surface area contributed by atoms with Gasteiger partial charge in [0.1, 0.15) is 18.2 Å². The van der Waals surface area contributed by atoms with Gasteiger partial charge in [0, 0.05) is 0 Å². The zero-order chi connectivity index (χ0) is 20.2. The molecular weight excluding hydrogens is 386 g/mol. The lowest BCUT2D eigenvalue weighted by Crippen LogP contribution is -2.19.